The monoisotopic (exact) mass is 481 g/mol. The Morgan fingerprint density at radius 1 is 1.20 bits per heavy atom. The van der Waals surface area contributed by atoms with E-state index in [-0.39, 0.29) is 30.0 Å². The lowest BCUT2D eigenvalue weighted by Gasteiger charge is -2.52. The van der Waals surface area contributed by atoms with E-state index in [0.717, 1.165) is 0 Å². The van der Waals surface area contributed by atoms with Gasteiger partial charge in [-0.1, -0.05) is 0 Å². The molecule has 1 amide bonds. The lowest BCUT2D eigenvalue weighted by molar-refractivity contribution is -0.181. The van der Waals surface area contributed by atoms with Crippen molar-refractivity contribution in [3.8, 4) is 17.2 Å². The molecule has 1 aromatic carbocycles. The Bertz CT molecular complexity index is 1300. The number of hydrogen-bond donors (Lipinski definition) is 3. The van der Waals surface area contributed by atoms with Crippen molar-refractivity contribution in [3.05, 3.63) is 35.7 Å². The van der Waals surface area contributed by atoms with Crippen molar-refractivity contribution in [2.45, 2.75) is 24.5 Å². The molecule has 0 radical (unpaired) electrons. The van der Waals surface area contributed by atoms with Gasteiger partial charge < -0.3 is 20.4 Å². The minimum atomic E-state index is -2.74. The number of carbonyl (C=O) groups excluding carboxylic acids is 5. The van der Waals surface area contributed by atoms with Crippen molar-refractivity contribution >= 4 is 29.0 Å². The number of oxazole rings is 1. The molecule has 3 aliphatic rings. The van der Waals surface area contributed by atoms with Crippen LogP contribution in [-0.4, -0.2) is 74.9 Å². The van der Waals surface area contributed by atoms with Crippen molar-refractivity contribution in [3.63, 3.8) is 0 Å². The number of ketones is 4. The third-order valence-electron chi connectivity index (χ3n) is 7.61. The van der Waals surface area contributed by atoms with Crippen LogP contribution in [0.5, 0.6) is 5.75 Å². The van der Waals surface area contributed by atoms with Gasteiger partial charge in [0.15, 0.2) is 34.7 Å². The van der Waals surface area contributed by atoms with Crippen LogP contribution in [0.1, 0.15) is 22.3 Å². The fourth-order valence-corrected chi connectivity index (χ4v) is 6.16. The molecule has 6 atom stereocenters. The van der Waals surface area contributed by atoms with Crippen LogP contribution in [0.15, 0.2) is 29.0 Å². The smallest absolute Gasteiger partial charge is 0.235 e. The molecule has 35 heavy (non-hydrogen) atoms. The summed E-state index contributed by atoms with van der Waals surface area (Å²) in [4.78, 5) is 71.2. The number of phenolic OH excluding ortho intramolecular Hbond substituents is 1. The van der Waals surface area contributed by atoms with Gasteiger partial charge in [-0.3, -0.25) is 28.9 Å². The number of fused-ring (bicyclic) bond motifs is 3. The van der Waals surface area contributed by atoms with Crippen molar-refractivity contribution in [2.75, 3.05) is 14.1 Å². The summed E-state index contributed by atoms with van der Waals surface area (Å²) in [7, 11) is 3.07. The number of Topliss-reactive ketones (excluding diaryl/α,β-unsaturated/α-hetero) is 4. The average Bonchev–Trinajstić information content (AvgIpc) is 3.30. The van der Waals surface area contributed by atoms with Gasteiger partial charge in [-0.25, -0.2) is 4.98 Å². The van der Waals surface area contributed by atoms with Crippen molar-refractivity contribution in [1.82, 2.24) is 9.88 Å². The van der Waals surface area contributed by atoms with Gasteiger partial charge in [0.1, 0.15) is 12.0 Å². The van der Waals surface area contributed by atoms with E-state index in [0.29, 0.717) is 11.1 Å². The molecule has 11 heteroatoms. The summed E-state index contributed by atoms with van der Waals surface area (Å²) in [5, 5.41) is 22.1. The van der Waals surface area contributed by atoms with Gasteiger partial charge in [-0.2, -0.15) is 0 Å². The van der Waals surface area contributed by atoms with Crippen LogP contribution in [0.3, 0.4) is 0 Å². The molecular formula is C24H23N3O8. The molecule has 182 valence electrons. The molecule has 1 heterocycles. The number of hydrogen-bond acceptors (Lipinski definition) is 10. The Labute approximate surface area is 198 Å². The van der Waals surface area contributed by atoms with Crippen LogP contribution in [-0.2, 0) is 25.6 Å². The number of likely N-dealkylation sites (N-methyl/N-ethyl adjacent to an activating group) is 1. The van der Waals surface area contributed by atoms with E-state index in [1.54, 1.807) is 6.07 Å². The van der Waals surface area contributed by atoms with E-state index >= 15 is 0 Å². The minimum absolute atomic E-state index is 0.0232. The number of carbonyl (C=O) groups is 5. The molecular weight excluding hydrogens is 458 g/mol. The van der Waals surface area contributed by atoms with Gasteiger partial charge in [-0.05, 0) is 50.6 Å². The number of primary amides is 1. The number of nitrogens with two attached hydrogens (primary N) is 1. The third-order valence-corrected chi connectivity index (χ3v) is 7.61. The molecule has 2 fully saturated rings. The SMILES string of the molecule is CN(C)[C@@H]1C(=O)C(C(N)=O)C(=O)[C@@]2(O)C(=O)C3C(=O)c4c(O)ccc(-c5ncco5)c4C[C@H]3C[C@@H]12. The zero-order chi connectivity index (χ0) is 25.4. The third kappa shape index (κ3) is 2.98. The highest BCUT2D eigenvalue weighted by Crippen LogP contribution is 2.51. The molecule has 0 aliphatic heterocycles. The Morgan fingerprint density at radius 2 is 1.91 bits per heavy atom. The van der Waals surface area contributed by atoms with E-state index in [9.17, 15) is 34.2 Å². The molecule has 2 saturated carbocycles. The molecule has 0 bridgehead atoms. The number of benzene rings is 1. The largest absolute Gasteiger partial charge is 0.507 e. The van der Waals surface area contributed by atoms with Crippen LogP contribution in [0.25, 0.3) is 11.5 Å². The maximum Gasteiger partial charge on any atom is 0.235 e. The molecule has 1 aromatic heterocycles. The predicted molar refractivity (Wildman–Crippen MR) is 117 cm³/mol. The first-order chi connectivity index (χ1) is 16.5. The summed E-state index contributed by atoms with van der Waals surface area (Å²) >= 11 is 0. The number of rotatable bonds is 3. The van der Waals surface area contributed by atoms with Crippen LogP contribution >= 0.6 is 0 Å². The normalized spacial score (nSPS) is 32.3. The average molecular weight is 481 g/mol. The summed E-state index contributed by atoms with van der Waals surface area (Å²) < 4.78 is 5.38. The number of aromatic hydroxyl groups is 1. The highest BCUT2D eigenvalue weighted by Gasteiger charge is 2.69. The molecule has 5 rings (SSSR count). The van der Waals surface area contributed by atoms with Gasteiger partial charge >= 0.3 is 0 Å². The second-order valence-corrected chi connectivity index (χ2v) is 9.61. The highest BCUT2D eigenvalue weighted by molar-refractivity contribution is 6.32. The lowest BCUT2D eigenvalue weighted by atomic mass is 9.52. The maximum atomic E-state index is 13.7. The molecule has 0 saturated heterocycles. The lowest BCUT2D eigenvalue weighted by Crippen LogP contribution is -2.74. The van der Waals surface area contributed by atoms with Gasteiger partial charge in [0.25, 0.3) is 0 Å². The van der Waals surface area contributed by atoms with Crippen LogP contribution in [0.2, 0.25) is 0 Å². The standard InChI is InChI=1S/C24H23N3O8/c1-27(2)17-12-8-9-7-11-10(23-26-5-6-35-23)3-4-13(28)15(11)18(29)14(9)20(31)24(12,34)21(32)16(19(17)30)22(25)33/h3-6,9,12,14,16-17,28,34H,7-8H2,1-2H3,(H2,25,33)/t9-,12-,14?,16?,17-,24-/m0/s1. The zero-order valence-corrected chi connectivity index (χ0v) is 18.9. The fraction of sp³-hybridized carbons (Fsp3) is 0.417. The zero-order valence-electron chi connectivity index (χ0n) is 18.9. The molecule has 2 unspecified atom stereocenters. The second-order valence-electron chi connectivity index (χ2n) is 9.61. The van der Waals surface area contributed by atoms with E-state index in [2.05, 4.69) is 4.98 Å². The van der Waals surface area contributed by atoms with Crippen molar-refractivity contribution in [1.29, 1.82) is 0 Å². The van der Waals surface area contributed by atoms with Crippen LogP contribution in [0.4, 0.5) is 0 Å². The fourth-order valence-electron chi connectivity index (χ4n) is 6.16. The number of amides is 1. The van der Waals surface area contributed by atoms with E-state index < -0.39 is 64.4 Å². The maximum absolute atomic E-state index is 13.7. The molecule has 2 aromatic rings. The van der Waals surface area contributed by atoms with E-state index in [4.69, 9.17) is 10.2 Å². The summed E-state index contributed by atoms with van der Waals surface area (Å²) in [5.41, 5.74) is 3.36. The topological polar surface area (TPSA) is 181 Å². The summed E-state index contributed by atoms with van der Waals surface area (Å²) in [5.74, 6) is -10.6. The Morgan fingerprint density at radius 3 is 2.51 bits per heavy atom. The van der Waals surface area contributed by atoms with E-state index in [1.807, 2.05) is 0 Å². The van der Waals surface area contributed by atoms with E-state index in [1.165, 1.54) is 37.5 Å². The second kappa shape index (κ2) is 7.65. The van der Waals surface area contributed by atoms with Crippen molar-refractivity contribution < 1.29 is 38.6 Å². The number of aromatic nitrogens is 1. The van der Waals surface area contributed by atoms with Gasteiger partial charge in [0, 0.05) is 11.5 Å². The summed E-state index contributed by atoms with van der Waals surface area (Å²) in [6, 6.07) is 1.70. The number of nitrogens with zero attached hydrogens (tertiary/aromatic N) is 2. The molecule has 4 N–H and O–H groups in total. The highest BCUT2D eigenvalue weighted by atomic mass is 16.3. The predicted octanol–water partition coefficient (Wildman–Crippen LogP) is -0.478. The molecule has 11 nitrogen and oxygen atoms in total. The van der Waals surface area contributed by atoms with Gasteiger partial charge in [-0.15, -0.1) is 0 Å². The van der Waals surface area contributed by atoms with Gasteiger partial charge in [0.05, 0.1) is 23.7 Å². The molecule has 0 spiro atoms. The Hall–Kier alpha value is -3.70. The summed E-state index contributed by atoms with van der Waals surface area (Å²) in [6.45, 7) is 0. The van der Waals surface area contributed by atoms with Crippen molar-refractivity contribution in [2.24, 2.45) is 29.4 Å². The Balaban J connectivity index is 1.67. The number of phenols is 1. The molecule has 3 aliphatic carbocycles. The van der Waals surface area contributed by atoms with Crippen LogP contribution in [0, 0.1) is 23.7 Å². The first kappa shape index (κ1) is 23.1. The first-order valence-electron chi connectivity index (χ1n) is 11.1. The first-order valence-corrected chi connectivity index (χ1v) is 11.1. The minimum Gasteiger partial charge on any atom is -0.507 e. The Kier molecular flexibility index (Phi) is 5.04. The summed E-state index contributed by atoms with van der Waals surface area (Å²) in [6.07, 6.45) is 2.91. The van der Waals surface area contributed by atoms with Gasteiger partial charge in [0.2, 0.25) is 11.8 Å². The quantitative estimate of drug-likeness (QED) is 0.484. The number of aliphatic hydroxyl groups is 1. The van der Waals surface area contributed by atoms with Crippen LogP contribution < -0.4 is 5.73 Å².